The number of nitrogens with one attached hydrogen (secondary N) is 1. The van der Waals surface area contributed by atoms with Gasteiger partial charge >= 0.3 is 0 Å². The smallest absolute Gasteiger partial charge is 0.271 e. The predicted molar refractivity (Wildman–Crippen MR) is 69.5 cm³/mol. The molecule has 0 aliphatic carbocycles. The van der Waals surface area contributed by atoms with Gasteiger partial charge in [-0.25, -0.2) is 9.07 Å². The van der Waals surface area contributed by atoms with Crippen molar-refractivity contribution in [3.8, 4) is 5.69 Å². The van der Waals surface area contributed by atoms with Crippen LogP contribution in [0.3, 0.4) is 0 Å². The Labute approximate surface area is 110 Å². The van der Waals surface area contributed by atoms with E-state index in [-0.39, 0.29) is 23.3 Å². The number of hydrogen-bond donors (Lipinski definition) is 2. The first kappa shape index (κ1) is 13.2. The molecule has 0 spiro atoms. The molecular formula is C13H15FN4O. The van der Waals surface area contributed by atoms with E-state index in [1.807, 2.05) is 0 Å². The minimum Gasteiger partial charge on any atom is -0.354 e. The molecule has 19 heavy (non-hydrogen) atoms. The van der Waals surface area contributed by atoms with Gasteiger partial charge in [0.2, 0.25) is 0 Å². The van der Waals surface area contributed by atoms with Crippen LogP contribution in [0.25, 0.3) is 5.69 Å². The highest BCUT2D eigenvalue weighted by molar-refractivity contribution is 5.91. The van der Waals surface area contributed by atoms with Crippen molar-refractivity contribution in [3.63, 3.8) is 0 Å². The molecule has 100 valence electrons. The van der Waals surface area contributed by atoms with Crippen LogP contribution in [0.15, 0.2) is 30.5 Å². The molecule has 3 N–H and O–H groups in total. The summed E-state index contributed by atoms with van der Waals surface area (Å²) in [4.78, 5) is 11.4. The number of carbonyl (C=O) groups is 1. The van der Waals surface area contributed by atoms with E-state index in [0.29, 0.717) is 5.56 Å². The maximum absolute atomic E-state index is 14.0. The summed E-state index contributed by atoms with van der Waals surface area (Å²) in [6, 6.07) is 6.00. The molecule has 0 aliphatic rings. The van der Waals surface area contributed by atoms with E-state index in [0.717, 1.165) is 0 Å². The molecule has 0 saturated carbocycles. The summed E-state index contributed by atoms with van der Waals surface area (Å²) in [5, 5.41) is 6.48. The van der Waals surface area contributed by atoms with E-state index in [4.69, 9.17) is 5.73 Å². The quantitative estimate of drug-likeness (QED) is 0.878. The zero-order valence-electron chi connectivity index (χ0n) is 10.7. The van der Waals surface area contributed by atoms with E-state index in [1.165, 1.54) is 30.1 Å². The van der Waals surface area contributed by atoms with E-state index in [1.54, 1.807) is 19.1 Å². The second kappa shape index (κ2) is 5.19. The topological polar surface area (TPSA) is 72.9 Å². The highest BCUT2D eigenvalue weighted by Crippen LogP contribution is 2.18. The Morgan fingerprint density at radius 1 is 1.47 bits per heavy atom. The van der Waals surface area contributed by atoms with Gasteiger partial charge in [-0.05, 0) is 30.7 Å². The van der Waals surface area contributed by atoms with Gasteiger partial charge in [-0.3, -0.25) is 4.79 Å². The van der Waals surface area contributed by atoms with Crippen molar-refractivity contribution in [3.05, 3.63) is 47.5 Å². The number of hydrogen-bond acceptors (Lipinski definition) is 3. The fourth-order valence-electron chi connectivity index (χ4n) is 1.70. The molecule has 1 aromatic heterocycles. The van der Waals surface area contributed by atoms with Crippen LogP contribution in [0.2, 0.25) is 0 Å². The molecule has 0 fully saturated rings. The van der Waals surface area contributed by atoms with Crippen molar-refractivity contribution in [2.45, 2.75) is 13.0 Å². The molecule has 2 aromatic rings. The highest BCUT2D eigenvalue weighted by Gasteiger charge is 2.12. The minimum atomic E-state index is -0.429. The molecule has 0 radical (unpaired) electrons. The first-order valence-corrected chi connectivity index (χ1v) is 5.86. The number of nitrogens with two attached hydrogens (primary N) is 1. The van der Waals surface area contributed by atoms with Crippen LogP contribution in [0.5, 0.6) is 0 Å². The lowest BCUT2D eigenvalue weighted by atomic mass is 10.1. The second-order valence-electron chi connectivity index (χ2n) is 4.22. The monoisotopic (exact) mass is 262 g/mol. The van der Waals surface area contributed by atoms with Crippen molar-refractivity contribution in [1.82, 2.24) is 15.1 Å². The van der Waals surface area contributed by atoms with Crippen LogP contribution in [-0.2, 0) is 0 Å². The van der Waals surface area contributed by atoms with E-state index in [2.05, 4.69) is 10.4 Å². The molecule has 6 heteroatoms. The van der Waals surface area contributed by atoms with Crippen molar-refractivity contribution in [1.29, 1.82) is 0 Å². The number of halogens is 1. The Morgan fingerprint density at radius 2 is 2.21 bits per heavy atom. The summed E-state index contributed by atoms with van der Waals surface area (Å²) < 4.78 is 15.3. The number of aromatic nitrogens is 2. The van der Waals surface area contributed by atoms with Crippen LogP contribution < -0.4 is 11.1 Å². The Morgan fingerprint density at radius 3 is 2.79 bits per heavy atom. The van der Waals surface area contributed by atoms with Crippen LogP contribution >= 0.6 is 0 Å². The molecule has 0 bridgehead atoms. The van der Waals surface area contributed by atoms with Crippen LogP contribution in [0.4, 0.5) is 4.39 Å². The van der Waals surface area contributed by atoms with Crippen molar-refractivity contribution in [2.75, 3.05) is 7.05 Å². The van der Waals surface area contributed by atoms with Gasteiger partial charge in [0, 0.05) is 19.3 Å². The number of benzene rings is 1. The largest absolute Gasteiger partial charge is 0.354 e. The lowest BCUT2D eigenvalue weighted by Crippen LogP contribution is -2.18. The number of rotatable bonds is 3. The third kappa shape index (κ3) is 2.63. The lowest BCUT2D eigenvalue weighted by Gasteiger charge is -2.08. The Kier molecular flexibility index (Phi) is 3.62. The van der Waals surface area contributed by atoms with Crippen LogP contribution in [0.1, 0.15) is 29.0 Å². The highest BCUT2D eigenvalue weighted by atomic mass is 19.1. The van der Waals surface area contributed by atoms with Crippen molar-refractivity contribution >= 4 is 5.91 Å². The van der Waals surface area contributed by atoms with Gasteiger partial charge in [0.05, 0.1) is 0 Å². The molecule has 0 saturated heterocycles. The molecular weight excluding hydrogens is 247 g/mol. The fourth-order valence-corrected chi connectivity index (χ4v) is 1.70. The van der Waals surface area contributed by atoms with Gasteiger partial charge in [-0.15, -0.1) is 0 Å². The summed E-state index contributed by atoms with van der Waals surface area (Å²) >= 11 is 0. The average Bonchev–Trinajstić information content (AvgIpc) is 2.87. The fraction of sp³-hybridized carbons (Fsp3) is 0.231. The molecule has 1 aromatic carbocycles. The van der Waals surface area contributed by atoms with Gasteiger partial charge in [0.25, 0.3) is 5.91 Å². The lowest BCUT2D eigenvalue weighted by molar-refractivity contribution is 0.0957. The summed E-state index contributed by atoms with van der Waals surface area (Å²) in [7, 11) is 1.51. The van der Waals surface area contributed by atoms with E-state index in [9.17, 15) is 9.18 Å². The predicted octanol–water partition coefficient (Wildman–Crippen LogP) is 1.39. The molecule has 1 unspecified atom stereocenters. The SMILES string of the molecule is CNC(=O)c1ccn(-c2ccc(C(C)N)cc2F)n1. The first-order chi connectivity index (χ1) is 9.02. The second-order valence-corrected chi connectivity index (χ2v) is 4.22. The summed E-state index contributed by atoms with van der Waals surface area (Å²) in [6.07, 6.45) is 1.54. The van der Waals surface area contributed by atoms with Crippen molar-refractivity contribution in [2.24, 2.45) is 5.73 Å². The molecule has 1 heterocycles. The molecule has 1 amide bonds. The van der Waals surface area contributed by atoms with Gasteiger partial charge < -0.3 is 11.1 Å². The van der Waals surface area contributed by atoms with Gasteiger partial charge in [0.15, 0.2) is 5.69 Å². The molecule has 5 nitrogen and oxygen atoms in total. The first-order valence-electron chi connectivity index (χ1n) is 5.86. The standard InChI is InChI=1S/C13H15FN4O/c1-8(15)9-3-4-12(10(14)7-9)18-6-5-11(17-18)13(19)16-2/h3-8H,15H2,1-2H3,(H,16,19). The third-order valence-corrected chi connectivity index (χ3v) is 2.79. The summed E-state index contributed by atoms with van der Waals surface area (Å²) in [6.45, 7) is 1.78. The molecule has 1 atom stereocenters. The summed E-state index contributed by atoms with van der Waals surface area (Å²) in [5.41, 5.74) is 6.91. The van der Waals surface area contributed by atoms with Gasteiger partial charge in [-0.2, -0.15) is 5.10 Å². The van der Waals surface area contributed by atoms with Crippen molar-refractivity contribution < 1.29 is 9.18 Å². The number of carbonyl (C=O) groups excluding carboxylic acids is 1. The van der Waals surface area contributed by atoms with E-state index < -0.39 is 5.82 Å². The molecule has 2 rings (SSSR count). The number of nitrogens with zero attached hydrogens (tertiary/aromatic N) is 2. The van der Waals surface area contributed by atoms with E-state index >= 15 is 0 Å². The van der Waals surface area contributed by atoms with Gasteiger partial charge in [-0.1, -0.05) is 6.07 Å². The Balaban J connectivity index is 2.37. The molecule has 0 aliphatic heterocycles. The Bertz CT molecular complexity index is 606. The summed E-state index contributed by atoms with van der Waals surface area (Å²) in [5.74, 6) is -0.743. The zero-order chi connectivity index (χ0) is 14.0. The minimum absolute atomic E-state index is 0.234. The maximum atomic E-state index is 14.0. The van der Waals surface area contributed by atoms with Gasteiger partial charge in [0.1, 0.15) is 11.5 Å². The maximum Gasteiger partial charge on any atom is 0.271 e. The Hall–Kier alpha value is -2.21. The zero-order valence-corrected chi connectivity index (χ0v) is 10.7. The third-order valence-electron chi connectivity index (χ3n) is 2.79. The number of amides is 1. The van der Waals surface area contributed by atoms with Crippen LogP contribution in [0, 0.1) is 5.82 Å². The van der Waals surface area contributed by atoms with Crippen LogP contribution in [-0.4, -0.2) is 22.7 Å². The average molecular weight is 262 g/mol. The normalized spacial score (nSPS) is 12.2.